The van der Waals surface area contributed by atoms with Crippen LogP contribution >= 0.6 is 11.6 Å². The van der Waals surface area contributed by atoms with Crippen LogP contribution in [0.1, 0.15) is 18.2 Å². The van der Waals surface area contributed by atoms with E-state index in [0.29, 0.717) is 17.1 Å². The third kappa shape index (κ3) is 2.43. The van der Waals surface area contributed by atoms with Gasteiger partial charge in [0.05, 0.1) is 16.8 Å². The van der Waals surface area contributed by atoms with Crippen LogP contribution in [0.2, 0.25) is 5.02 Å². The van der Waals surface area contributed by atoms with E-state index in [-0.39, 0.29) is 6.04 Å². The molecule has 0 aromatic carbocycles. The molecular weight excluding hydrogens is 186 g/mol. The first-order chi connectivity index (χ1) is 6.29. The van der Waals surface area contributed by atoms with Gasteiger partial charge in [0.2, 0.25) is 0 Å². The number of nitrogens with two attached hydrogens (primary N) is 1. The number of terminal acetylenes is 1. The second kappa shape index (κ2) is 4.83. The minimum atomic E-state index is -0.182. The van der Waals surface area contributed by atoms with Crippen LogP contribution in [0, 0.1) is 12.3 Å². The van der Waals surface area contributed by atoms with Gasteiger partial charge < -0.3 is 0 Å². The van der Waals surface area contributed by atoms with Crippen LogP contribution in [-0.2, 0) is 0 Å². The summed E-state index contributed by atoms with van der Waals surface area (Å²) < 4.78 is 0. The van der Waals surface area contributed by atoms with Gasteiger partial charge in [-0.05, 0) is 12.1 Å². The fourth-order valence-corrected chi connectivity index (χ4v) is 1.26. The van der Waals surface area contributed by atoms with Crippen molar-refractivity contribution in [1.82, 2.24) is 10.4 Å². The maximum atomic E-state index is 5.91. The molecule has 0 saturated carbocycles. The quantitative estimate of drug-likeness (QED) is 0.434. The highest BCUT2D eigenvalue weighted by Gasteiger charge is 2.12. The topological polar surface area (TPSA) is 50.9 Å². The number of rotatable bonds is 3. The lowest BCUT2D eigenvalue weighted by Gasteiger charge is -2.12. The highest BCUT2D eigenvalue weighted by atomic mass is 35.5. The zero-order valence-corrected chi connectivity index (χ0v) is 7.75. The Bertz CT molecular complexity index is 319. The molecule has 4 heteroatoms. The predicted molar refractivity (Wildman–Crippen MR) is 52.8 cm³/mol. The van der Waals surface area contributed by atoms with Gasteiger partial charge in [-0.25, -0.2) is 0 Å². The van der Waals surface area contributed by atoms with Crippen molar-refractivity contribution in [2.24, 2.45) is 5.84 Å². The van der Waals surface area contributed by atoms with Crippen LogP contribution in [0.5, 0.6) is 0 Å². The molecule has 3 N–H and O–H groups in total. The summed E-state index contributed by atoms with van der Waals surface area (Å²) in [6, 6.07) is 3.33. The van der Waals surface area contributed by atoms with Crippen molar-refractivity contribution in [3.8, 4) is 12.3 Å². The molecule has 0 saturated heterocycles. The zero-order chi connectivity index (χ0) is 9.68. The number of nitrogens with one attached hydrogen (secondary N) is 1. The molecule has 13 heavy (non-hydrogen) atoms. The van der Waals surface area contributed by atoms with E-state index in [9.17, 15) is 0 Å². The van der Waals surface area contributed by atoms with Crippen LogP contribution in [0.25, 0.3) is 0 Å². The number of hydrazine groups is 1. The van der Waals surface area contributed by atoms with E-state index in [1.807, 2.05) is 0 Å². The van der Waals surface area contributed by atoms with Gasteiger partial charge in [0.25, 0.3) is 0 Å². The number of hydrogen-bond acceptors (Lipinski definition) is 3. The average Bonchev–Trinajstić information content (AvgIpc) is 2.16. The van der Waals surface area contributed by atoms with Crippen LogP contribution in [0.3, 0.4) is 0 Å². The summed E-state index contributed by atoms with van der Waals surface area (Å²) in [6.07, 6.45) is 7.30. The van der Waals surface area contributed by atoms with Crippen molar-refractivity contribution in [3.05, 3.63) is 29.0 Å². The van der Waals surface area contributed by atoms with Gasteiger partial charge in [0.1, 0.15) is 0 Å². The fourth-order valence-electron chi connectivity index (χ4n) is 1.01. The molecule has 1 unspecified atom stereocenters. The minimum Gasteiger partial charge on any atom is -0.271 e. The molecule has 3 nitrogen and oxygen atoms in total. The Labute approximate surface area is 82.3 Å². The van der Waals surface area contributed by atoms with E-state index in [1.165, 1.54) is 0 Å². The SMILES string of the molecule is C#CCC(NN)c1ncccc1Cl. The fraction of sp³-hybridized carbons (Fsp3) is 0.222. The lowest BCUT2D eigenvalue weighted by molar-refractivity contribution is 0.554. The standard InChI is InChI=1S/C9H10ClN3/c1-2-4-8(13-11)9-7(10)5-3-6-12-9/h1,3,5-6,8,13H,4,11H2. The third-order valence-electron chi connectivity index (χ3n) is 1.64. The van der Waals surface area contributed by atoms with Crippen molar-refractivity contribution < 1.29 is 0 Å². The summed E-state index contributed by atoms with van der Waals surface area (Å²) in [5, 5.41) is 0.570. The molecule has 0 spiro atoms. The number of halogens is 1. The Morgan fingerprint density at radius 1 is 1.77 bits per heavy atom. The Hall–Kier alpha value is -1.08. The number of hydrogen-bond donors (Lipinski definition) is 2. The molecule has 0 bridgehead atoms. The Morgan fingerprint density at radius 3 is 3.08 bits per heavy atom. The van der Waals surface area contributed by atoms with Crippen molar-refractivity contribution in [3.63, 3.8) is 0 Å². The Balaban J connectivity index is 2.92. The minimum absolute atomic E-state index is 0.182. The van der Waals surface area contributed by atoms with Crippen molar-refractivity contribution in [2.75, 3.05) is 0 Å². The van der Waals surface area contributed by atoms with Gasteiger partial charge in [-0.15, -0.1) is 12.3 Å². The summed E-state index contributed by atoms with van der Waals surface area (Å²) in [5.41, 5.74) is 3.26. The largest absolute Gasteiger partial charge is 0.271 e. The smallest absolute Gasteiger partial charge is 0.0782 e. The van der Waals surface area contributed by atoms with Crippen molar-refractivity contribution >= 4 is 11.6 Å². The molecule has 68 valence electrons. The zero-order valence-electron chi connectivity index (χ0n) is 7.00. The van der Waals surface area contributed by atoms with Gasteiger partial charge in [0, 0.05) is 12.6 Å². The summed E-state index contributed by atoms with van der Waals surface area (Å²) in [7, 11) is 0. The predicted octanol–water partition coefficient (Wildman–Crippen LogP) is 1.26. The Kier molecular flexibility index (Phi) is 3.71. The van der Waals surface area contributed by atoms with E-state index < -0.39 is 0 Å². The molecule has 1 aromatic rings. The van der Waals surface area contributed by atoms with Crippen LogP contribution in [0.4, 0.5) is 0 Å². The second-order valence-electron chi connectivity index (χ2n) is 2.50. The van der Waals surface area contributed by atoms with E-state index in [1.54, 1.807) is 18.3 Å². The number of pyridine rings is 1. The molecule has 0 radical (unpaired) electrons. The van der Waals surface area contributed by atoms with Crippen molar-refractivity contribution in [1.29, 1.82) is 0 Å². The van der Waals surface area contributed by atoms with E-state index in [2.05, 4.69) is 16.3 Å². The summed E-state index contributed by atoms with van der Waals surface area (Å²) >= 11 is 5.91. The summed E-state index contributed by atoms with van der Waals surface area (Å²) in [6.45, 7) is 0. The highest BCUT2D eigenvalue weighted by Crippen LogP contribution is 2.21. The normalized spacial score (nSPS) is 12.1. The molecule has 0 fully saturated rings. The molecular formula is C9H10ClN3. The van der Waals surface area contributed by atoms with Gasteiger partial charge in [-0.1, -0.05) is 11.6 Å². The molecule has 1 rings (SSSR count). The monoisotopic (exact) mass is 195 g/mol. The molecule has 1 aromatic heterocycles. The lowest BCUT2D eigenvalue weighted by atomic mass is 10.1. The van der Waals surface area contributed by atoms with E-state index >= 15 is 0 Å². The number of aromatic nitrogens is 1. The van der Waals surface area contributed by atoms with Crippen LogP contribution < -0.4 is 11.3 Å². The first kappa shape index (κ1) is 10.0. The second-order valence-corrected chi connectivity index (χ2v) is 2.91. The van der Waals surface area contributed by atoms with Crippen LogP contribution in [-0.4, -0.2) is 4.98 Å². The number of nitrogens with zero attached hydrogens (tertiary/aromatic N) is 1. The molecule has 1 atom stereocenters. The average molecular weight is 196 g/mol. The maximum absolute atomic E-state index is 5.91. The molecule has 0 aliphatic rings. The van der Waals surface area contributed by atoms with E-state index in [4.69, 9.17) is 23.9 Å². The molecule has 0 aliphatic heterocycles. The van der Waals surface area contributed by atoms with Gasteiger partial charge in [0.15, 0.2) is 0 Å². The van der Waals surface area contributed by atoms with Gasteiger partial charge in [-0.3, -0.25) is 16.3 Å². The summed E-state index contributed by atoms with van der Waals surface area (Å²) in [4.78, 5) is 4.10. The van der Waals surface area contributed by atoms with Crippen molar-refractivity contribution in [2.45, 2.75) is 12.5 Å². The first-order valence-corrected chi connectivity index (χ1v) is 4.17. The lowest BCUT2D eigenvalue weighted by Crippen LogP contribution is -2.28. The first-order valence-electron chi connectivity index (χ1n) is 3.79. The highest BCUT2D eigenvalue weighted by molar-refractivity contribution is 6.31. The molecule has 0 aliphatic carbocycles. The maximum Gasteiger partial charge on any atom is 0.0782 e. The van der Waals surface area contributed by atoms with E-state index in [0.717, 1.165) is 0 Å². The Morgan fingerprint density at radius 2 is 2.54 bits per heavy atom. The van der Waals surface area contributed by atoms with Gasteiger partial charge >= 0.3 is 0 Å². The van der Waals surface area contributed by atoms with Gasteiger partial charge in [-0.2, -0.15) is 0 Å². The molecule has 1 heterocycles. The van der Waals surface area contributed by atoms with Crippen LogP contribution in [0.15, 0.2) is 18.3 Å². The third-order valence-corrected chi connectivity index (χ3v) is 1.96. The molecule has 0 amide bonds. The summed E-state index contributed by atoms with van der Waals surface area (Å²) in [5.74, 6) is 7.82.